The van der Waals surface area contributed by atoms with Crippen LogP contribution in [0.15, 0.2) is 16.5 Å². The second-order valence-electron chi connectivity index (χ2n) is 5.21. The van der Waals surface area contributed by atoms with Crippen molar-refractivity contribution in [2.24, 2.45) is 17.7 Å². The van der Waals surface area contributed by atoms with Crippen molar-refractivity contribution in [2.45, 2.75) is 52.0 Å². The average molecular weight is 236 g/mol. The van der Waals surface area contributed by atoms with E-state index in [1.807, 2.05) is 13.0 Å². The monoisotopic (exact) mass is 236 g/mol. The minimum atomic E-state index is 0.175. The Balaban J connectivity index is 2.16. The Morgan fingerprint density at radius 2 is 2.18 bits per heavy atom. The van der Waals surface area contributed by atoms with Crippen LogP contribution in [0.2, 0.25) is 0 Å². The fourth-order valence-electron chi connectivity index (χ4n) is 3.22. The lowest BCUT2D eigenvalue weighted by Gasteiger charge is -2.35. The van der Waals surface area contributed by atoms with Crippen LogP contribution in [0.5, 0.6) is 0 Å². The third-order valence-corrected chi connectivity index (χ3v) is 4.17. The molecule has 1 aromatic heterocycles. The second kappa shape index (κ2) is 5.69. The van der Waals surface area contributed by atoms with Gasteiger partial charge in [0.1, 0.15) is 11.5 Å². The minimum Gasteiger partial charge on any atom is -0.465 e. The summed E-state index contributed by atoms with van der Waals surface area (Å²) in [5.74, 6) is 9.10. The first-order valence-electron chi connectivity index (χ1n) is 6.78. The summed E-state index contributed by atoms with van der Waals surface area (Å²) in [6, 6.07) is 4.25. The molecule has 0 aliphatic heterocycles. The van der Waals surface area contributed by atoms with Crippen LogP contribution in [0.1, 0.15) is 56.6 Å². The quantitative estimate of drug-likeness (QED) is 0.623. The predicted molar refractivity (Wildman–Crippen MR) is 69.2 cm³/mol. The van der Waals surface area contributed by atoms with E-state index in [0.29, 0.717) is 5.92 Å². The van der Waals surface area contributed by atoms with Crippen molar-refractivity contribution in [1.29, 1.82) is 0 Å². The Labute approximate surface area is 104 Å². The number of hydrogen-bond donors (Lipinski definition) is 2. The molecule has 1 saturated carbocycles. The lowest BCUT2D eigenvalue weighted by atomic mass is 9.73. The third-order valence-electron chi connectivity index (χ3n) is 4.17. The summed E-state index contributed by atoms with van der Waals surface area (Å²) in [6.07, 6.45) is 6.51. The molecule has 0 radical (unpaired) electrons. The van der Waals surface area contributed by atoms with Gasteiger partial charge in [0.2, 0.25) is 0 Å². The topological polar surface area (TPSA) is 51.2 Å². The van der Waals surface area contributed by atoms with E-state index in [1.54, 1.807) is 0 Å². The highest BCUT2D eigenvalue weighted by Crippen LogP contribution is 2.40. The summed E-state index contributed by atoms with van der Waals surface area (Å²) < 4.78 is 5.74. The van der Waals surface area contributed by atoms with Crippen LogP contribution in [0, 0.1) is 18.8 Å². The van der Waals surface area contributed by atoms with E-state index in [1.165, 1.54) is 32.1 Å². The zero-order valence-corrected chi connectivity index (χ0v) is 10.9. The van der Waals surface area contributed by atoms with Gasteiger partial charge in [-0.3, -0.25) is 5.84 Å². The third kappa shape index (κ3) is 2.72. The number of furan rings is 1. The lowest BCUT2D eigenvalue weighted by Crippen LogP contribution is -2.37. The van der Waals surface area contributed by atoms with Gasteiger partial charge in [-0.05, 0) is 37.3 Å². The van der Waals surface area contributed by atoms with Gasteiger partial charge >= 0.3 is 0 Å². The molecular weight excluding hydrogens is 212 g/mol. The van der Waals surface area contributed by atoms with E-state index in [4.69, 9.17) is 10.3 Å². The van der Waals surface area contributed by atoms with E-state index in [0.717, 1.165) is 17.4 Å². The minimum absolute atomic E-state index is 0.175. The molecule has 3 N–H and O–H groups in total. The lowest BCUT2D eigenvalue weighted by molar-refractivity contribution is 0.161. The van der Waals surface area contributed by atoms with E-state index in [-0.39, 0.29) is 6.04 Å². The van der Waals surface area contributed by atoms with Crippen molar-refractivity contribution in [3.8, 4) is 0 Å². The van der Waals surface area contributed by atoms with E-state index < -0.39 is 0 Å². The van der Waals surface area contributed by atoms with Crippen molar-refractivity contribution in [3.05, 3.63) is 23.7 Å². The highest BCUT2D eigenvalue weighted by Gasteiger charge is 2.32. The molecule has 96 valence electrons. The first-order valence-corrected chi connectivity index (χ1v) is 6.78. The normalized spacial score (nSPS) is 27.0. The Morgan fingerprint density at radius 1 is 1.41 bits per heavy atom. The molecule has 3 nitrogen and oxygen atoms in total. The van der Waals surface area contributed by atoms with Gasteiger partial charge in [-0.1, -0.05) is 32.6 Å². The highest BCUT2D eigenvalue weighted by molar-refractivity contribution is 5.11. The van der Waals surface area contributed by atoms with Crippen LogP contribution in [0.4, 0.5) is 0 Å². The first-order chi connectivity index (χ1) is 8.26. The fourth-order valence-corrected chi connectivity index (χ4v) is 3.22. The molecule has 3 heteroatoms. The number of nitrogens with one attached hydrogen (secondary N) is 1. The number of rotatable bonds is 4. The Kier molecular flexibility index (Phi) is 4.24. The Morgan fingerprint density at radius 3 is 2.76 bits per heavy atom. The van der Waals surface area contributed by atoms with Gasteiger partial charge in [0.15, 0.2) is 0 Å². The molecular formula is C14H24N2O. The van der Waals surface area contributed by atoms with Crippen LogP contribution < -0.4 is 11.3 Å². The predicted octanol–water partition coefficient (Wildman–Crippen LogP) is 3.31. The van der Waals surface area contributed by atoms with Gasteiger partial charge in [0.25, 0.3) is 0 Å². The maximum absolute atomic E-state index is 5.75. The zero-order chi connectivity index (χ0) is 12.3. The number of aryl methyl sites for hydroxylation is 1. The molecule has 3 atom stereocenters. The van der Waals surface area contributed by atoms with Crippen molar-refractivity contribution < 1.29 is 4.42 Å². The summed E-state index contributed by atoms with van der Waals surface area (Å²) in [5.41, 5.74) is 2.97. The van der Waals surface area contributed by atoms with E-state index in [9.17, 15) is 0 Å². The summed E-state index contributed by atoms with van der Waals surface area (Å²) in [6.45, 7) is 4.26. The summed E-state index contributed by atoms with van der Waals surface area (Å²) in [7, 11) is 0. The molecule has 1 aliphatic carbocycles. The van der Waals surface area contributed by atoms with Crippen molar-refractivity contribution in [1.82, 2.24) is 5.43 Å². The van der Waals surface area contributed by atoms with Gasteiger partial charge in [0, 0.05) is 0 Å². The maximum Gasteiger partial charge on any atom is 0.122 e. The molecule has 1 heterocycles. The molecule has 0 aromatic carbocycles. The van der Waals surface area contributed by atoms with Crippen molar-refractivity contribution in [3.63, 3.8) is 0 Å². The van der Waals surface area contributed by atoms with Crippen LogP contribution >= 0.6 is 0 Å². The molecule has 2 rings (SSSR count). The summed E-state index contributed by atoms with van der Waals surface area (Å²) >= 11 is 0. The molecule has 1 aliphatic rings. The Hall–Kier alpha value is -0.800. The molecule has 1 fully saturated rings. The largest absolute Gasteiger partial charge is 0.465 e. The molecule has 3 unspecified atom stereocenters. The van der Waals surface area contributed by atoms with Crippen LogP contribution in [0.25, 0.3) is 0 Å². The Bertz CT molecular complexity index is 348. The number of hydrogen-bond acceptors (Lipinski definition) is 3. The fraction of sp³-hybridized carbons (Fsp3) is 0.714. The summed E-state index contributed by atoms with van der Waals surface area (Å²) in [4.78, 5) is 0. The van der Waals surface area contributed by atoms with Crippen LogP contribution in [-0.4, -0.2) is 0 Å². The standard InChI is InChI=1S/C14H24N2O/c1-3-11-6-4-5-7-12(11)14(16-15)13-9-8-10(2)17-13/h8-9,11-12,14,16H,3-7,15H2,1-2H3. The molecule has 0 saturated heterocycles. The van der Waals surface area contributed by atoms with Crippen LogP contribution in [-0.2, 0) is 0 Å². The maximum atomic E-state index is 5.75. The molecule has 0 bridgehead atoms. The molecule has 1 aromatic rings. The average Bonchev–Trinajstić information content (AvgIpc) is 2.77. The van der Waals surface area contributed by atoms with Gasteiger partial charge < -0.3 is 4.42 Å². The molecule has 17 heavy (non-hydrogen) atoms. The van der Waals surface area contributed by atoms with E-state index in [2.05, 4.69) is 18.4 Å². The SMILES string of the molecule is CCC1CCCCC1C(NN)c1ccc(C)o1. The number of nitrogens with two attached hydrogens (primary N) is 1. The van der Waals surface area contributed by atoms with E-state index >= 15 is 0 Å². The van der Waals surface area contributed by atoms with Crippen LogP contribution in [0.3, 0.4) is 0 Å². The molecule has 0 spiro atoms. The van der Waals surface area contributed by atoms with Gasteiger partial charge in [0.05, 0.1) is 6.04 Å². The van der Waals surface area contributed by atoms with Gasteiger partial charge in [-0.25, -0.2) is 5.43 Å². The number of hydrazine groups is 1. The summed E-state index contributed by atoms with van der Waals surface area (Å²) in [5, 5.41) is 0. The zero-order valence-electron chi connectivity index (χ0n) is 10.9. The smallest absolute Gasteiger partial charge is 0.122 e. The van der Waals surface area contributed by atoms with Crippen molar-refractivity contribution in [2.75, 3.05) is 0 Å². The van der Waals surface area contributed by atoms with Gasteiger partial charge in [-0.2, -0.15) is 0 Å². The highest BCUT2D eigenvalue weighted by atomic mass is 16.3. The first kappa shape index (κ1) is 12.7. The molecule has 0 amide bonds. The second-order valence-corrected chi connectivity index (χ2v) is 5.21. The van der Waals surface area contributed by atoms with Crippen molar-refractivity contribution >= 4 is 0 Å². The van der Waals surface area contributed by atoms with Gasteiger partial charge in [-0.15, -0.1) is 0 Å².